The quantitative estimate of drug-likeness (QED) is 0.696. The van der Waals surface area contributed by atoms with Crippen LogP contribution in [0.1, 0.15) is 46.0 Å². The molecule has 3 heteroatoms. The predicted molar refractivity (Wildman–Crippen MR) is 60.3 cm³/mol. The molecule has 1 atom stereocenters. The zero-order chi connectivity index (χ0) is 11.4. The zero-order valence-corrected chi connectivity index (χ0v) is 9.84. The fourth-order valence-electron chi connectivity index (χ4n) is 2.46. The molecular formula is C12H22N2O. The maximum Gasteiger partial charge on any atom is 0.111 e. The molecule has 0 amide bonds. The Morgan fingerprint density at radius 2 is 2.00 bits per heavy atom. The Hall–Kier alpha value is -0.590. The van der Waals surface area contributed by atoms with Crippen LogP contribution in [-0.2, 0) is 0 Å². The van der Waals surface area contributed by atoms with Crippen LogP contribution in [0, 0.1) is 16.7 Å². The first-order valence-electron chi connectivity index (χ1n) is 5.85. The largest absolute Gasteiger partial charge is 0.396 e. The summed E-state index contributed by atoms with van der Waals surface area (Å²) in [4.78, 5) is 0. The number of nitriles is 1. The topological polar surface area (TPSA) is 56.0 Å². The van der Waals surface area contributed by atoms with E-state index in [4.69, 9.17) is 5.11 Å². The predicted octanol–water partition coefficient (Wildman–Crippen LogP) is 1.82. The van der Waals surface area contributed by atoms with Gasteiger partial charge in [-0.05, 0) is 31.2 Å². The molecule has 2 N–H and O–H groups in total. The Kier molecular flexibility index (Phi) is 4.12. The van der Waals surface area contributed by atoms with Crippen LogP contribution in [-0.4, -0.2) is 23.8 Å². The Morgan fingerprint density at radius 1 is 1.33 bits per heavy atom. The first kappa shape index (κ1) is 12.5. The van der Waals surface area contributed by atoms with Crippen LogP contribution in [0.4, 0.5) is 0 Å². The van der Waals surface area contributed by atoms with E-state index in [9.17, 15) is 5.26 Å². The molecule has 0 aromatic heterocycles. The number of nitrogens with one attached hydrogen (secondary N) is 1. The molecule has 3 nitrogen and oxygen atoms in total. The fourth-order valence-corrected chi connectivity index (χ4v) is 2.46. The Labute approximate surface area is 92.5 Å². The lowest BCUT2D eigenvalue weighted by molar-refractivity contribution is 0.108. The number of nitrogens with zero attached hydrogens (tertiary/aromatic N) is 1. The van der Waals surface area contributed by atoms with Crippen LogP contribution in [0.5, 0.6) is 0 Å². The second-order valence-electron chi connectivity index (χ2n) is 5.11. The Morgan fingerprint density at radius 3 is 2.53 bits per heavy atom. The highest BCUT2D eigenvalue weighted by atomic mass is 16.3. The van der Waals surface area contributed by atoms with Crippen molar-refractivity contribution in [2.24, 2.45) is 5.41 Å². The SMILES string of the molecule is CC1(C)CCCCC1(C#N)NCCCO. The van der Waals surface area contributed by atoms with Gasteiger partial charge in [-0.1, -0.05) is 26.7 Å². The van der Waals surface area contributed by atoms with Crippen molar-refractivity contribution >= 4 is 0 Å². The van der Waals surface area contributed by atoms with Gasteiger partial charge in [-0.2, -0.15) is 5.26 Å². The third-order valence-corrected chi connectivity index (χ3v) is 3.71. The Bertz CT molecular complexity index is 244. The first-order valence-corrected chi connectivity index (χ1v) is 5.85. The van der Waals surface area contributed by atoms with Gasteiger partial charge in [0.2, 0.25) is 0 Å². The second kappa shape index (κ2) is 4.96. The van der Waals surface area contributed by atoms with Gasteiger partial charge >= 0.3 is 0 Å². The molecule has 1 fully saturated rings. The molecule has 0 aromatic carbocycles. The molecule has 0 aliphatic heterocycles. The van der Waals surface area contributed by atoms with Gasteiger partial charge in [0.1, 0.15) is 5.54 Å². The maximum atomic E-state index is 9.40. The smallest absolute Gasteiger partial charge is 0.111 e. The maximum absolute atomic E-state index is 9.40. The summed E-state index contributed by atoms with van der Waals surface area (Å²) in [5.41, 5.74) is -0.351. The number of aliphatic hydroxyl groups excluding tert-OH is 1. The minimum atomic E-state index is -0.388. The molecule has 0 aromatic rings. The highest BCUT2D eigenvalue weighted by Gasteiger charge is 2.46. The molecule has 1 aliphatic rings. The third kappa shape index (κ3) is 2.50. The van der Waals surface area contributed by atoms with E-state index >= 15 is 0 Å². The lowest BCUT2D eigenvalue weighted by Gasteiger charge is -2.46. The standard InChI is InChI=1S/C12H22N2O/c1-11(2)6-3-4-7-12(11,10-13)14-8-5-9-15/h14-15H,3-9H2,1-2H3. The van der Waals surface area contributed by atoms with E-state index in [-0.39, 0.29) is 17.6 Å². The molecule has 0 saturated heterocycles. The Balaban J connectivity index is 2.68. The van der Waals surface area contributed by atoms with E-state index in [0.717, 1.165) is 32.2 Å². The third-order valence-electron chi connectivity index (χ3n) is 3.71. The summed E-state index contributed by atoms with van der Waals surface area (Å²) in [5, 5.41) is 21.5. The van der Waals surface area contributed by atoms with Crippen LogP contribution in [0.3, 0.4) is 0 Å². The minimum absolute atomic E-state index is 0.0372. The van der Waals surface area contributed by atoms with Crippen LogP contribution < -0.4 is 5.32 Å². The molecule has 0 heterocycles. The molecule has 1 saturated carbocycles. The second-order valence-corrected chi connectivity index (χ2v) is 5.11. The molecule has 86 valence electrons. The van der Waals surface area contributed by atoms with E-state index in [0.29, 0.717) is 0 Å². The molecule has 1 unspecified atom stereocenters. The number of rotatable bonds is 4. The highest BCUT2D eigenvalue weighted by Crippen LogP contribution is 2.43. The first-order chi connectivity index (χ1) is 7.08. The molecule has 0 bridgehead atoms. The number of hydrogen-bond donors (Lipinski definition) is 2. The van der Waals surface area contributed by atoms with E-state index < -0.39 is 0 Å². The van der Waals surface area contributed by atoms with E-state index in [1.165, 1.54) is 6.42 Å². The lowest BCUT2D eigenvalue weighted by Crippen LogP contribution is -2.57. The normalized spacial score (nSPS) is 29.7. The van der Waals surface area contributed by atoms with Crippen LogP contribution >= 0.6 is 0 Å². The van der Waals surface area contributed by atoms with E-state index in [1.807, 2.05) is 0 Å². The van der Waals surface area contributed by atoms with Gasteiger partial charge in [-0.3, -0.25) is 5.32 Å². The van der Waals surface area contributed by atoms with E-state index in [2.05, 4.69) is 25.2 Å². The highest BCUT2D eigenvalue weighted by molar-refractivity contribution is 5.16. The van der Waals surface area contributed by atoms with Crippen molar-refractivity contribution in [3.05, 3.63) is 0 Å². The molecule has 0 radical (unpaired) electrons. The van der Waals surface area contributed by atoms with Gasteiger partial charge in [0.05, 0.1) is 6.07 Å². The summed E-state index contributed by atoms with van der Waals surface area (Å²) in [7, 11) is 0. The van der Waals surface area contributed by atoms with Gasteiger partial charge in [0.25, 0.3) is 0 Å². The van der Waals surface area contributed by atoms with Crippen LogP contribution in [0.25, 0.3) is 0 Å². The van der Waals surface area contributed by atoms with Crippen LogP contribution in [0.15, 0.2) is 0 Å². The van der Waals surface area contributed by atoms with Crippen molar-refractivity contribution < 1.29 is 5.11 Å². The fraction of sp³-hybridized carbons (Fsp3) is 0.917. The van der Waals surface area contributed by atoms with E-state index in [1.54, 1.807) is 0 Å². The number of hydrogen-bond acceptors (Lipinski definition) is 3. The van der Waals surface area contributed by atoms with Crippen molar-refractivity contribution in [3.63, 3.8) is 0 Å². The average molecular weight is 210 g/mol. The molecule has 1 rings (SSSR count). The summed E-state index contributed by atoms with van der Waals surface area (Å²) in [6.45, 7) is 5.26. The summed E-state index contributed by atoms with van der Waals surface area (Å²) in [6, 6.07) is 2.47. The summed E-state index contributed by atoms with van der Waals surface area (Å²) >= 11 is 0. The van der Waals surface area contributed by atoms with Gasteiger partial charge in [0, 0.05) is 6.61 Å². The molecule has 0 spiro atoms. The zero-order valence-electron chi connectivity index (χ0n) is 9.84. The van der Waals surface area contributed by atoms with Gasteiger partial charge in [-0.25, -0.2) is 0 Å². The number of aliphatic hydroxyl groups is 1. The lowest BCUT2D eigenvalue weighted by atomic mass is 9.64. The van der Waals surface area contributed by atoms with Crippen molar-refractivity contribution in [1.29, 1.82) is 5.26 Å². The van der Waals surface area contributed by atoms with Gasteiger partial charge < -0.3 is 5.11 Å². The summed E-state index contributed by atoms with van der Waals surface area (Å²) in [6.07, 6.45) is 5.11. The average Bonchev–Trinajstić information content (AvgIpc) is 2.21. The summed E-state index contributed by atoms with van der Waals surface area (Å²) in [5.74, 6) is 0. The van der Waals surface area contributed by atoms with Crippen molar-refractivity contribution in [3.8, 4) is 6.07 Å². The summed E-state index contributed by atoms with van der Waals surface area (Å²) < 4.78 is 0. The van der Waals surface area contributed by atoms with Gasteiger partial charge in [-0.15, -0.1) is 0 Å². The minimum Gasteiger partial charge on any atom is -0.396 e. The van der Waals surface area contributed by atoms with Crippen molar-refractivity contribution in [1.82, 2.24) is 5.32 Å². The van der Waals surface area contributed by atoms with Gasteiger partial charge in [0.15, 0.2) is 0 Å². The molecule has 1 aliphatic carbocycles. The van der Waals surface area contributed by atoms with Crippen LogP contribution in [0.2, 0.25) is 0 Å². The molecule has 15 heavy (non-hydrogen) atoms. The van der Waals surface area contributed by atoms with Crippen molar-refractivity contribution in [2.45, 2.75) is 51.5 Å². The monoisotopic (exact) mass is 210 g/mol. The van der Waals surface area contributed by atoms with Crippen molar-refractivity contribution in [2.75, 3.05) is 13.2 Å². The molecular weight excluding hydrogens is 188 g/mol.